The van der Waals surface area contributed by atoms with E-state index < -0.39 is 38.0 Å². The van der Waals surface area contributed by atoms with Crippen LogP contribution in [0.25, 0.3) is 0 Å². The van der Waals surface area contributed by atoms with Crippen LogP contribution in [0.5, 0.6) is 5.75 Å². The first kappa shape index (κ1) is 15.9. The lowest BCUT2D eigenvalue weighted by molar-refractivity contribution is -0.146. The van der Waals surface area contributed by atoms with Crippen molar-refractivity contribution in [3.8, 4) is 5.75 Å². The molecule has 0 radical (unpaired) electrons. The number of carboxylic acids is 2. The Bertz CT molecular complexity index is 623. The summed E-state index contributed by atoms with van der Waals surface area (Å²) >= 11 is 0. The van der Waals surface area contributed by atoms with Crippen molar-refractivity contribution in [3.05, 3.63) is 24.3 Å². The molecule has 0 aliphatic carbocycles. The van der Waals surface area contributed by atoms with Crippen LogP contribution in [0.15, 0.2) is 29.2 Å². The Balaban J connectivity index is 3.36. The van der Waals surface area contributed by atoms with Gasteiger partial charge in [-0.15, -0.1) is 0 Å². The number of rotatable bonds is 6. The Morgan fingerprint density at radius 2 is 1.75 bits per heavy atom. The van der Waals surface area contributed by atoms with Crippen molar-refractivity contribution in [3.63, 3.8) is 0 Å². The van der Waals surface area contributed by atoms with E-state index in [0.717, 1.165) is 12.1 Å². The van der Waals surface area contributed by atoms with Crippen LogP contribution >= 0.6 is 0 Å². The highest BCUT2D eigenvalue weighted by molar-refractivity contribution is 7.93. The molecule has 110 valence electrons. The molecule has 0 aliphatic rings. The molecule has 0 bridgehead atoms. The van der Waals surface area contributed by atoms with Crippen molar-refractivity contribution in [1.82, 2.24) is 0 Å². The molecule has 0 aliphatic heterocycles. The molecule has 0 saturated heterocycles. The summed E-state index contributed by atoms with van der Waals surface area (Å²) < 4.78 is 29.3. The highest BCUT2D eigenvalue weighted by Gasteiger charge is 2.50. The summed E-state index contributed by atoms with van der Waals surface area (Å²) in [5, 5.41) is 17.6. The summed E-state index contributed by atoms with van der Waals surface area (Å²) in [6.07, 6.45) is -1.25. The van der Waals surface area contributed by atoms with Gasteiger partial charge in [0, 0.05) is 0 Å². The third kappa shape index (κ3) is 2.73. The van der Waals surface area contributed by atoms with E-state index in [9.17, 15) is 18.0 Å². The van der Waals surface area contributed by atoms with Crippen LogP contribution in [0.4, 0.5) is 0 Å². The predicted molar refractivity (Wildman–Crippen MR) is 67.0 cm³/mol. The van der Waals surface area contributed by atoms with E-state index in [-0.39, 0.29) is 0 Å². The number of benzene rings is 1. The number of carboxylic acid groups (broad SMARTS) is 2. The molecule has 0 unspecified atom stereocenters. The minimum atomic E-state index is -4.58. The highest BCUT2D eigenvalue weighted by Crippen LogP contribution is 2.26. The second kappa shape index (κ2) is 5.47. The maximum atomic E-state index is 12.2. The normalized spacial score (nSPS) is 14.3. The SMILES string of the molecule is COc1ccc(S(=O)(=O)[C@](N)(CC(=O)O)C(=O)O)cc1. The number of hydrogen-bond acceptors (Lipinski definition) is 6. The van der Waals surface area contributed by atoms with Gasteiger partial charge in [-0.3, -0.25) is 4.79 Å². The van der Waals surface area contributed by atoms with Gasteiger partial charge in [-0.05, 0) is 24.3 Å². The van der Waals surface area contributed by atoms with E-state index in [1.807, 2.05) is 0 Å². The van der Waals surface area contributed by atoms with Gasteiger partial charge >= 0.3 is 11.9 Å². The molecule has 0 spiro atoms. The number of carbonyl (C=O) groups is 2. The van der Waals surface area contributed by atoms with E-state index in [1.165, 1.54) is 19.2 Å². The molecule has 20 heavy (non-hydrogen) atoms. The Kier molecular flexibility index (Phi) is 4.36. The van der Waals surface area contributed by atoms with Crippen LogP contribution in [-0.4, -0.2) is 42.6 Å². The van der Waals surface area contributed by atoms with Gasteiger partial charge in [0.15, 0.2) is 0 Å². The molecule has 0 saturated carbocycles. The average Bonchev–Trinajstić information content (AvgIpc) is 2.37. The molecule has 0 amide bonds. The first-order valence-electron chi connectivity index (χ1n) is 5.28. The number of aliphatic carboxylic acids is 2. The topological polar surface area (TPSA) is 144 Å². The van der Waals surface area contributed by atoms with Crippen molar-refractivity contribution >= 4 is 21.8 Å². The molecule has 1 rings (SSSR count). The number of methoxy groups -OCH3 is 1. The summed E-state index contributed by atoms with van der Waals surface area (Å²) in [6, 6.07) is 4.80. The fraction of sp³-hybridized carbons (Fsp3) is 0.273. The van der Waals surface area contributed by atoms with Gasteiger partial charge in [-0.25, -0.2) is 13.2 Å². The van der Waals surface area contributed by atoms with Crippen LogP contribution in [0.1, 0.15) is 6.42 Å². The lowest BCUT2D eigenvalue weighted by Gasteiger charge is -2.22. The van der Waals surface area contributed by atoms with Gasteiger partial charge in [-0.2, -0.15) is 0 Å². The van der Waals surface area contributed by atoms with E-state index in [0.29, 0.717) is 5.75 Å². The zero-order valence-electron chi connectivity index (χ0n) is 10.4. The molecule has 0 heterocycles. The van der Waals surface area contributed by atoms with Gasteiger partial charge < -0.3 is 20.7 Å². The first-order chi connectivity index (χ1) is 9.15. The molecule has 8 nitrogen and oxygen atoms in total. The van der Waals surface area contributed by atoms with E-state index >= 15 is 0 Å². The average molecular weight is 303 g/mol. The standard InChI is InChI=1S/C11H13NO7S/c1-19-7-2-4-8(5-3-7)20(17,18)11(12,10(15)16)6-9(13)14/h2-5H,6,12H2,1H3,(H,13,14)(H,15,16)/t11-/m1/s1. The van der Waals surface area contributed by atoms with Gasteiger partial charge in [0.05, 0.1) is 18.4 Å². The van der Waals surface area contributed by atoms with Crippen molar-refractivity contribution in [2.45, 2.75) is 16.2 Å². The second-order valence-electron chi connectivity index (χ2n) is 3.94. The van der Waals surface area contributed by atoms with Gasteiger partial charge in [0.2, 0.25) is 14.7 Å². The van der Waals surface area contributed by atoms with Crippen LogP contribution in [0.2, 0.25) is 0 Å². The van der Waals surface area contributed by atoms with Crippen LogP contribution in [-0.2, 0) is 19.4 Å². The van der Waals surface area contributed by atoms with E-state index in [2.05, 4.69) is 0 Å². The Labute approximate surface area is 114 Å². The smallest absolute Gasteiger partial charge is 0.340 e. The lowest BCUT2D eigenvalue weighted by Crippen LogP contribution is -2.55. The third-order valence-electron chi connectivity index (χ3n) is 2.63. The molecule has 9 heteroatoms. The first-order valence-corrected chi connectivity index (χ1v) is 6.76. The maximum Gasteiger partial charge on any atom is 0.340 e. The summed E-state index contributed by atoms with van der Waals surface area (Å²) in [6.45, 7) is 0. The molecule has 1 atom stereocenters. The summed E-state index contributed by atoms with van der Waals surface area (Å²) in [5.74, 6) is -3.21. The quantitative estimate of drug-likeness (QED) is 0.648. The Morgan fingerprint density at radius 3 is 2.10 bits per heavy atom. The monoisotopic (exact) mass is 303 g/mol. The fourth-order valence-corrected chi connectivity index (χ4v) is 2.93. The predicted octanol–water partition coefficient (Wildman–Crippen LogP) is -0.317. The van der Waals surface area contributed by atoms with Crippen LogP contribution in [0.3, 0.4) is 0 Å². The third-order valence-corrected chi connectivity index (χ3v) is 4.80. The van der Waals surface area contributed by atoms with Crippen molar-refractivity contribution in [2.24, 2.45) is 5.73 Å². The zero-order chi connectivity index (χ0) is 15.6. The number of hydrogen-bond donors (Lipinski definition) is 3. The summed E-state index contributed by atoms with van der Waals surface area (Å²) in [5.41, 5.74) is 5.32. The van der Waals surface area contributed by atoms with Crippen molar-refractivity contribution < 1.29 is 33.0 Å². The van der Waals surface area contributed by atoms with Gasteiger partial charge in [0.1, 0.15) is 5.75 Å². The van der Waals surface area contributed by atoms with Gasteiger partial charge in [0.25, 0.3) is 0 Å². The maximum absolute atomic E-state index is 12.2. The Hall–Kier alpha value is -2.13. The second-order valence-corrected chi connectivity index (χ2v) is 6.15. The van der Waals surface area contributed by atoms with Crippen molar-refractivity contribution in [1.29, 1.82) is 0 Å². The van der Waals surface area contributed by atoms with Gasteiger partial charge in [-0.1, -0.05) is 0 Å². The fourth-order valence-electron chi connectivity index (χ4n) is 1.48. The summed E-state index contributed by atoms with van der Waals surface area (Å²) in [4.78, 5) is 18.4. The lowest BCUT2D eigenvalue weighted by atomic mass is 10.2. The zero-order valence-corrected chi connectivity index (χ0v) is 11.3. The van der Waals surface area contributed by atoms with Crippen LogP contribution < -0.4 is 10.5 Å². The molecular formula is C11H13NO7S. The minimum absolute atomic E-state index is 0.361. The number of ether oxygens (including phenoxy) is 1. The minimum Gasteiger partial charge on any atom is -0.497 e. The molecule has 0 fully saturated rings. The van der Waals surface area contributed by atoms with E-state index in [4.69, 9.17) is 20.7 Å². The van der Waals surface area contributed by atoms with Crippen molar-refractivity contribution in [2.75, 3.05) is 7.11 Å². The molecule has 1 aromatic rings. The molecule has 1 aromatic carbocycles. The molecular weight excluding hydrogens is 290 g/mol. The van der Waals surface area contributed by atoms with Crippen LogP contribution in [0, 0.1) is 0 Å². The Morgan fingerprint density at radius 1 is 1.25 bits per heavy atom. The largest absolute Gasteiger partial charge is 0.497 e. The van der Waals surface area contributed by atoms with E-state index in [1.54, 1.807) is 0 Å². The summed E-state index contributed by atoms with van der Waals surface area (Å²) in [7, 11) is -3.20. The highest BCUT2D eigenvalue weighted by atomic mass is 32.2. The number of sulfone groups is 1. The number of nitrogens with two attached hydrogens (primary N) is 1. The molecule has 0 aromatic heterocycles. The molecule has 4 N–H and O–H groups in total.